The van der Waals surface area contributed by atoms with E-state index < -0.39 is 46.6 Å². The van der Waals surface area contributed by atoms with Gasteiger partial charge in [-0.1, -0.05) is 0 Å². The average Bonchev–Trinajstić information content (AvgIpc) is 3.16. The van der Waals surface area contributed by atoms with E-state index in [2.05, 4.69) is 0 Å². The van der Waals surface area contributed by atoms with Gasteiger partial charge in [-0.2, -0.15) is 70.6 Å². The molecular weight excluding hydrogens is 809 g/mol. The van der Waals surface area contributed by atoms with E-state index in [9.17, 15) is 28.8 Å². The molecule has 0 radical (unpaired) electrons. The van der Waals surface area contributed by atoms with Crippen molar-refractivity contribution in [3.8, 4) is 0 Å². The molecule has 0 bridgehead atoms. The van der Waals surface area contributed by atoms with Crippen molar-refractivity contribution in [1.82, 2.24) is 0 Å². The molecule has 0 rings (SSSR count). The summed E-state index contributed by atoms with van der Waals surface area (Å²) in [4.78, 5) is 76.0. The third kappa shape index (κ3) is 27.2. The summed E-state index contributed by atoms with van der Waals surface area (Å²) in [6, 6.07) is 0. The normalized spacial score (nSPS) is 11.4. The molecule has 0 amide bonds. The van der Waals surface area contributed by atoms with Crippen molar-refractivity contribution in [3.05, 3.63) is 0 Å². The Bertz CT molecular complexity index is 866. The summed E-state index contributed by atoms with van der Waals surface area (Å²) in [6.45, 7) is -2.39. The highest BCUT2D eigenvalue weighted by Gasteiger charge is 2.41. The third-order valence-electron chi connectivity index (χ3n) is 7.11. The molecule has 0 unspecified atom stereocenters. The summed E-state index contributed by atoms with van der Waals surface area (Å²) in [7, 11) is 0. The van der Waals surface area contributed by atoms with Crippen LogP contribution in [0.4, 0.5) is 0 Å². The number of thioether (sulfide) groups is 6. The maximum atomic E-state index is 12.7. The van der Waals surface area contributed by atoms with Crippen LogP contribution in [0.2, 0.25) is 0 Å². The standard InChI is InChI=1S/C34H58O13S6/c1-48-13-7-27(35)42-21-33(22-43-28(36)8-14-49-2,23-44-29(37)9-15-50-3)19-41-20-34(24-45-30(38)10-16-51-4,25-46-31(39)11-17-52-5)26-47-32(40)12-18-53-6/h7-26H2,1-6H3. The van der Waals surface area contributed by atoms with E-state index in [1.54, 1.807) is 0 Å². The fraction of sp³-hybridized carbons (Fsp3) is 0.824. The molecule has 0 aromatic heterocycles. The number of rotatable bonds is 34. The molecule has 0 N–H and O–H groups in total. The summed E-state index contributed by atoms with van der Waals surface area (Å²) in [5.41, 5.74) is -2.69. The van der Waals surface area contributed by atoms with Gasteiger partial charge in [-0.15, -0.1) is 0 Å². The van der Waals surface area contributed by atoms with Crippen LogP contribution in [0.15, 0.2) is 0 Å². The molecule has 0 atom stereocenters. The van der Waals surface area contributed by atoms with Crippen molar-refractivity contribution in [2.75, 3.05) is 125 Å². The lowest BCUT2D eigenvalue weighted by Gasteiger charge is -2.35. The van der Waals surface area contributed by atoms with E-state index in [1.807, 2.05) is 37.5 Å². The first-order valence-electron chi connectivity index (χ1n) is 16.9. The average molecular weight is 867 g/mol. The van der Waals surface area contributed by atoms with E-state index in [0.717, 1.165) is 0 Å². The van der Waals surface area contributed by atoms with Gasteiger partial charge in [0.25, 0.3) is 0 Å². The molecule has 0 fully saturated rings. The minimum Gasteiger partial charge on any atom is -0.465 e. The Balaban J connectivity index is 6.63. The topological polar surface area (TPSA) is 167 Å². The zero-order chi connectivity index (χ0) is 39.8. The highest BCUT2D eigenvalue weighted by Crippen LogP contribution is 2.27. The molecule has 0 saturated carbocycles. The maximum absolute atomic E-state index is 12.7. The predicted octanol–water partition coefficient (Wildman–Crippen LogP) is 4.75. The number of carbonyl (C=O) groups excluding carboxylic acids is 6. The minimum absolute atomic E-state index is 0.133. The number of esters is 6. The smallest absolute Gasteiger partial charge is 0.306 e. The summed E-state index contributed by atoms with van der Waals surface area (Å²) in [6.07, 6.45) is 12.0. The second-order valence-electron chi connectivity index (χ2n) is 11.9. The largest absolute Gasteiger partial charge is 0.465 e. The highest BCUT2D eigenvalue weighted by atomic mass is 32.2. The Labute approximate surface area is 340 Å². The number of carbonyl (C=O) groups is 6. The van der Waals surface area contributed by atoms with E-state index in [0.29, 0.717) is 34.5 Å². The lowest BCUT2D eigenvalue weighted by atomic mass is 9.90. The second kappa shape index (κ2) is 33.1. The number of hydrogen-bond donors (Lipinski definition) is 0. The van der Waals surface area contributed by atoms with Crippen molar-refractivity contribution >= 4 is 106 Å². The fourth-order valence-corrected chi connectivity index (χ4v) is 6.16. The summed E-state index contributed by atoms with van der Waals surface area (Å²) < 4.78 is 40.1. The van der Waals surface area contributed by atoms with Crippen LogP contribution in [-0.4, -0.2) is 161 Å². The summed E-state index contributed by atoms with van der Waals surface area (Å²) in [5, 5.41) is 0. The Kier molecular flexibility index (Phi) is 32.4. The Morgan fingerprint density at radius 2 is 0.491 bits per heavy atom. The zero-order valence-corrected chi connectivity index (χ0v) is 36.8. The lowest BCUT2D eigenvalue weighted by Crippen LogP contribution is -2.47. The predicted molar refractivity (Wildman–Crippen MR) is 219 cm³/mol. The Morgan fingerprint density at radius 3 is 0.642 bits per heavy atom. The molecule has 19 heteroatoms. The number of ether oxygens (including phenoxy) is 7. The SMILES string of the molecule is CSCCC(=O)OCC(COCC(COC(=O)CCSC)(COC(=O)CCSC)COC(=O)CCSC)(COC(=O)CCSC)COC(=O)CCSC. The van der Waals surface area contributed by atoms with Crippen LogP contribution in [0, 0.1) is 10.8 Å². The van der Waals surface area contributed by atoms with Crippen LogP contribution >= 0.6 is 70.6 Å². The van der Waals surface area contributed by atoms with Gasteiger partial charge >= 0.3 is 35.8 Å². The minimum atomic E-state index is -1.34. The van der Waals surface area contributed by atoms with Crippen LogP contribution < -0.4 is 0 Å². The van der Waals surface area contributed by atoms with Crippen LogP contribution in [0.3, 0.4) is 0 Å². The van der Waals surface area contributed by atoms with Gasteiger partial charge in [-0.25, -0.2) is 0 Å². The molecule has 0 spiro atoms. The lowest BCUT2D eigenvalue weighted by molar-refractivity contribution is -0.174. The quantitative estimate of drug-likeness (QED) is 0.0642. The van der Waals surface area contributed by atoms with Crippen LogP contribution in [0.5, 0.6) is 0 Å². The van der Waals surface area contributed by atoms with Gasteiger partial charge in [0.2, 0.25) is 0 Å². The van der Waals surface area contributed by atoms with Gasteiger partial charge in [0.15, 0.2) is 0 Å². The highest BCUT2D eigenvalue weighted by molar-refractivity contribution is 7.99. The van der Waals surface area contributed by atoms with E-state index in [-0.39, 0.29) is 91.4 Å². The van der Waals surface area contributed by atoms with E-state index >= 15 is 0 Å². The Hall–Kier alpha value is -1.12. The first kappa shape index (κ1) is 51.9. The van der Waals surface area contributed by atoms with Gasteiger partial charge in [0, 0.05) is 34.5 Å². The zero-order valence-electron chi connectivity index (χ0n) is 31.9. The maximum Gasteiger partial charge on any atom is 0.306 e. The molecule has 0 aliphatic rings. The summed E-state index contributed by atoms with van der Waals surface area (Å²) in [5.74, 6) is 0.200. The molecular formula is C34H58O13S6. The van der Waals surface area contributed by atoms with Crippen LogP contribution in [0.1, 0.15) is 38.5 Å². The van der Waals surface area contributed by atoms with E-state index in [4.69, 9.17) is 33.2 Å². The number of hydrogen-bond acceptors (Lipinski definition) is 19. The molecule has 0 aliphatic carbocycles. The van der Waals surface area contributed by atoms with Gasteiger partial charge < -0.3 is 33.2 Å². The van der Waals surface area contributed by atoms with Gasteiger partial charge in [0.1, 0.15) is 39.6 Å². The molecule has 53 heavy (non-hydrogen) atoms. The molecule has 0 aromatic rings. The summed E-state index contributed by atoms with van der Waals surface area (Å²) >= 11 is 8.86. The van der Waals surface area contributed by atoms with Crippen LogP contribution in [-0.2, 0) is 61.9 Å². The fourth-order valence-electron chi connectivity index (χ4n) is 3.93. The van der Waals surface area contributed by atoms with Crippen molar-refractivity contribution in [3.63, 3.8) is 0 Å². The second-order valence-corrected chi connectivity index (χ2v) is 17.8. The van der Waals surface area contributed by atoms with Crippen LogP contribution in [0.25, 0.3) is 0 Å². The van der Waals surface area contributed by atoms with Crippen molar-refractivity contribution in [2.45, 2.75) is 38.5 Å². The molecule has 0 saturated heterocycles. The van der Waals surface area contributed by atoms with Crippen molar-refractivity contribution in [2.24, 2.45) is 10.8 Å². The van der Waals surface area contributed by atoms with E-state index in [1.165, 1.54) is 70.6 Å². The third-order valence-corrected chi connectivity index (χ3v) is 10.8. The van der Waals surface area contributed by atoms with Gasteiger partial charge in [0.05, 0.1) is 62.6 Å². The monoisotopic (exact) mass is 866 g/mol. The molecule has 0 heterocycles. The Morgan fingerprint density at radius 1 is 0.321 bits per heavy atom. The van der Waals surface area contributed by atoms with Gasteiger partial charge in [-0.3, -0.25) is 28.8 Å². The molecule has 13 nitrogen and oxygen atoms in total. The first-order valence-corrected chi connectivity index (χ1v) is 25.3. The van der Waals surface area contributed by atoms with Crippen molar-refractivity contribution in [1.29, 1.82) is 0 Å². The molecule has 0 aromatic carbocycles. The molecule has 308 valence electrons. The van der Waals surface area contributed by atoms with Gasteiger partial charge in [-0.05, 0) is 37.5 Å². The molecule has 0 aliphatic heterocycles. The first-order chi connectivity index (χ1) is 25.4. The van der Waals surface area contributed by atoms with Crippen molar-refractivity contribution < 1.29 is 61.9 Å².